The summed E-state index contributed by atoms with van der Waals surface area (Å²) in [4.78, 5) is 26.8. The highest BCUT2D eigenvalue weighted by Crippen LogP contribution is 2.45. The van der Waals surface area contributed by atoms with Crippen LogP contribution in [-0.2, 0) is 5.41 Å². The first-order chi connectivity index (χ1) is 20.0. The minimum Gasteiger partial charge on any atom is -0.493 e. The lowest BCUT2D eigenvalue weighted by atomic mass is 9.70. The van der Waals surface area contributed by atoms with Crippen LogP contribution in [0.1, 0.15) is 72.9 Å². The molecule has 7 heteroatoms. The lowest BCUT2D eigenvalue weighted by Crippen LogP contribution is -2.49. The van der Waals surface area contributed by atoms with Gasteiger partial charge >= 0.3 is 0 Å². The number of fused-ring (bicyclic) bond motifs is 3. The quantitative estimate of drug-likeness (QED) is 0.325. The zero-order valence-corrected chi connectivity index (χ0v) is 23.8. The third-order valence-corrected chi connectivity index (χ3v) is 10.2. The van der Waals surface area contributed by atoms with Gasteiger partial charge in [0.05, 0.1) is 11.0 Å². The number of hydrogen-bond donors (Lipinski definition) is 1. The molecule has 2 aromatic carbocycles. The highest BCUT2D eigenvalue weighted by Gasteiger charge is 2.44. The Morgan fingerprint density at radius 1 is 0.878 bits per heavy atom. The standard InChI is InChI=1S/C34H39N5O2/c1-24-35-29-10-5-6-12-31(29)39(24)28-22-26-14-15-27(23-28)38(26)21-18-34(25-8-3-2-4-9-25)16-19-37(20-17-34)33(41)30-11-7-13-32(40)36-30/h2-13,26-28H,14-23H2,1H3,(H,36,40)/t26-,27+,28+. The zero-order valence-electron chi connectivity index (χ0n) is 23.8. The van der Waals surface area contributed by atoms with Gasteiger partial charge in [-0.1, -0.05) is 48.5 Å². The van der Waals surface area contributed by atoms with Crippen molar-refractivity contribution < 1.29 is 9.90 Å². The van der Waals surface area contributed by atoms with Crippen LogP contribution in [0.2, 0.25) is 0 Å². The van der Waals surface area contributed by atoms with Gasteiger partial charge in [-0.25, -0.2) is 9.97 Å². The minimum absolute atomic E-state index is 0.0533. The summed E-state index contributed by atoms with van der Waals surface area (Å²) in [5, 5.41) is 9.77. The van der Waals surface area contributed by atoms with E-state index in [0.29, 0.717) is 36.9 Å². The summed E-state index contributed by atoms with van der Waals surface area (Å²) in [7, 11) is 0. The molecule has 3 aliphatic rings. The number of piperidine rings is 2. The van der Waals surface area contributed by atoms with Crippen molar-refractivity contribution in [3.63, 3.8) is 0 Å². The highest BCUT2D eigenvalue weighted by atomic mass is 16.3. The van der Waals surface area contributed by atoms with Gasteiger partial charge in [0.25, 0.3) is 5.91 Å². The molecule has 1 amide bonds. The van der Waals surface area contributed by atoms with Crippen molar-refractivity contribution in [3.8, 4) is 5.88 Å². The number of amides is 1. The van der Waals surface area contributed by atoms with Crippen LogP contribution in [0.4, 0.5) is 0 Å². The van der Waals surface area contributed by atoms with Crippen LogP contribution in [0.15, 0.2) is 72.8 Å². The van der Waals surface area contributed by atoms with Crippen molar-refractivity contribution >= 4 is 16.9 Å². The first kappa shape index (κ1) is 26.2. The van der Waals surface area contributed by atoms with Crippen LogP contribution in [0.3, 0.4) is 0 Å². The van der Waals surface area contributed by atoms with Gasteiger partial charge in [0, 0.05) is 37.3 Å². The zero-order chi connectivity index (χ0) is 28.0. The van der Waals surface area contributed by atoms with Crippen LogP contribution >= 0.6 is 0 Å². The molecule has 3 aliphatic heterocycles. The number of para-hydroxylation sites is 2. The molecule has 0 aliphatic carbocycles. The van der Waals surface area contributed by atoms with Gasteiger partial charge in [0.2, 0.25) is 5.88 Å². The number of benzene rings is 2. The lowest BCUT2D eigenvalue weighted by Gasteiger charge is -2.45. The maximum absolute atomic E-state index is 13.2. The van der Waals surface area contributed by atoms with Crippen molar-refractivity contribution in [2.45, 2.75) is 75.4 Å². The van der Waals surface area contributed by atoms with Crippen molar-refractivity contribution in [2.24, 2.45) is 0 Å². The van der Waals surface area contributed by atoms with Gasteiger partial charge in [-0.3, -0.25) is 9.69 Å². The molecular weight excluding hydrogens is 510 g/mol. The monoisotopic (exact) mass is 549 g/mol. The van der Waals surface area contributed by atoms with Crippen molar-refractivity contribution in [2.75, 3.05) is 19.6 Å². The minimum atomic E-state index is -0.110. The normalized spacial score (nSPS) is 24.1. The molecule has 3 fully saturated rings. The van der Waals surface area contributed by atoms with E-state index >= 15 is 0 Å². The molecule has 0 unspecified atom stereocenters. The van der Waals surface area contributed by atoms with Crippen molar-refractivity contribution in [1.29, 1.82) is 0 Å². The average Bonchev–Trinajstić information content (AvgIpc) is 3.46. The Balaban J connectivity index is 1.06. The number of imidazole rings is 1. The summed E-state index contributed by atoms with van der Waals surface area (Å²) < 4.78 is 2.51. The van der Waals surface area contributed by atoms with Gasteiger partial charge in [0.1, 0.15) is 11.5 Å². The number of likely N-dealkylation sites (tertiary alicyclic amines) is 1. The fraction of sp³-hybridized carbons (Fsp3) is 0.441. The van der Waals surface area contributed by atoms with E-state index in [4.69, 9.17) is 4.98 Å². The Morgan fingerprint density at radius 3 is 2.32 bits per heavy atom. The first-order valence-corrected chi connectivity index (χ1v) is 15.2. The van der Waals surface area contributed by atoms with Gasteiger partial charge < -0.3 is 14.6 Å². The van der Waals surface area contributed by atoms with E-state index in [0.717, 1.165) is 37.1 Å². The van der Waals surface area contributed by atoms with Crippen LogP contribution in [0, 0.1) is 6.92 Å². The van der Waals surface area contributed by atoms with Crippen molar-refractivity contribution in [3.05, 3.63) is 89.9 Å². The van der Waals surface area contributed by atoms with Crippen LogP contribution < -0.4 is 0 Å². The number of aromatic nitrogens is 3. The molecule has 1 N–H and O–H groups in total. The van der Waals surface area contributed by atoms with Crippen LogP contribution in [0.5, 0.6) is 5.88 Å². The average molecular weight is 550 g/mol. The fourth-order valence-corrected chi connectivity index (χ4v) is 8.11. The third kappa shape index (κ3) is 4.80. The number of hydrogen-bond acceptors (Lipinski definition) is 5. The summed E-state index contributed by atoms with van der Waals surface area (Å²) in [6.07, 6.45) is 7.93. The van der Waals surface area contributed by atoms with E-state index < -0.39 is 0 Å². The third-order valence-electron chi connectivity index (χ3n) is 10.2. The number of aryl methyl sites for hydroxylation is 1. The molecular formula is C34H39N5O2. The van der Waals surface area contributed by atoms with Crippen LogP contribution in [-0.4, -0.2) is 67.1 Å². The summed E-state index contributed by atoms with van der Waals surface area (Å²) in [5.74, 6) is 0.931. The smallest absolute Gasteiger partial charge is 0.272 e. The molecule has 3 atom stereocenters. The number of carbonyl (C=O) groups is 1. The molecule has 0 saturated carbocycles. The number of pyridine rings is 1. The van der Waals surface area contributed by atoms with E-state index in [9.17, 15) is 9.90 Å². The molecule has 7 rings (SSSR count). The number of carbonyl (C=O) groups excluding carboxylic acids is 1. The number of aromatic hydroxyl groups is 1. The molecule has 5 heterocycles. The van der Waals surface area contributed by atoms with Crippen LogP contribution in [0.25, 0.3) is 11.0 Å². The first-order valence-electron chi connectivity index (χ1n) is 15.2. The molecule has 212 valence electrons. The summed E-state index contributed by atoms with van der Waals surface area (Å²) >= 11 is 0. The Kier molecular flexibility index (Phi) is 6.78. The second kappa shape index (κ2) is 10.6. The largest absolute Gasteiger partial charge is 0.493 e. The van der Waals surface area contributed by atoms with Gasteiger partial charge in [-0.15, -0.1) is 0 Å². The van der Waals surface area contributed by atoms with E-state index in [2.05, 4.69) is 76.0 Å². The number of rotatable bonds is 6. The highest BCUT2D eigenvalue weighted by molar-refractivity contribution is 5.92. The predicted octanol–water partition coefficient (Wildman–Crippen LogP) is 5.88. The Labute approximate surface area is 241 Å². The maximum Gasteiger partial charge on any atom is 0.272 e. The molecule has 0 radical (unpaired) electrons. The maximum atomic E-state index is 13.2. The fourth-order valence-electron chi connectivity index (χ4n) is 8.11. The molecule has 2 bridgehead atoms. The summed E-state index contributed by atoms with van der Waals surface area (Å²) in [6, 6.07) is 26.1. The van der Waals surface area contributed by atoms with E-state index in [1.54, 1.807) is 12.1 Å². The topological polar surface area (TPSA) is 74.5 Å². The second-order valence-electron chi connectivity index (χ2n) is 12.3. The predicted molar refractivity (Wildman–Crippen MR) is 160 cm³/mol. The Morgan fingerprint density at radius 2 is 1.59 bits per heavy atom. The second-order valence-corrected chi connectivity index (χ2v) is 12.3. The van der Waals surface area contributed by atoms with Gasteiger partial charge in [0.15, 0.2) is 0 Å². The van der Waals surface area contributed by atoms with E-state index in [1.807, 2.05) is 4.90 Å². The number of nitrogens with zero attached hydrogens (tertiary/aromatic N) is 5. The van der Waals surface area contributed by atoms with E-state index in [-0.39, 0.29) is 17.2 Å². The van der Waals surface area contributed by atoms with Gasteiger partial charge in [-0.2, -0.15) is 0 Å². The molecule has 2 aromatic heterocycles. The lowest BCUT2D eigenvalue weighted by molar-refractivity contribution is 0.0601. The molecule has 7 nitrogen and oxygen atoms in total. The Bertz CT molecular complexity index is 1530. The summed E-state index contributed by atoms with van der Waals surface area (Å²) in [5.41, 5.74) is 4.14. The van der Waals surface area contributed by atoms with Gasteiger partial charge in [-0.05, 0) is 87.6 Å². The van der Waals surface area contributed by atoms with Crippen molar-refractivity contribution in [1.82, 2.24) is 24.3 Å². The van der Waals surface area contributed by atoms with E-state index in [1.165, 1.54) is 42.8 Å². The Hall–Kier alpha value is -3.71. The molecule has 41 heavy (non-hydrogen) atoms. The SMILES string of the molecule is Cc1nc2ccccc2n1[C@H]1C[C@H]2CC[C@@H](C1)N2CCC1(c2ccccc2)CCN(C(=O)c2cccc(O)n2)CC1. The molecule has 0 spiro atoms. The summed E-state index contributed by atoms with van der Waals surface area (Å²) in [6.45, 7) is 4.66. The molecule has 3 saturated heterocycles. The molecule has 4 aromatic rings.